The number of hydrogen-bond acceptors (Lipinski definition) is 6. The molecular formula is C10H8N8. The van der Waals surface area contributed by atoms with Crippen LogP contribution < -0.4 is 0 Å². The number of hydrogen-bond donors (Lipinski definition) is 2. The van der Waals surface area contributed by atoms with Gasteiger partial charge in [-0.25, -0.2) is 19.9 Å². The van der Waals surface area contributed by atoms with E-state index >= 15 is 0 Å². The van der Waals surface area contributed by atoms with Gasteiger partial charge in [-0.1, -0.05) is 0 Å². The van der Waals surface area contributed by atoms with E-state index < -0.39 is 0 Å². The van der Waals surface area contributed by atoms with Crippen molar-refractivity contribution in [1.29, 1.82) is 0 Å². The summed E-state index contributed by atoms with van der Waals surface area (Å²) < 4.78 is 0. The number of nitrogens with zero attached hydrogens (tertiary/aromatic N) is 6. The zero-order chi connectivity index (χ0) is 12.2. The fourth-order valence-electron chi connectivity index (χ4n) is 1.38. The van der Waals surface area contributed by atoms with Crippen molar-refractivity contribution >= 4 is 22.3 Å². The van der Waals surface area contributed by atoms with Crippen LogP contribution in [0, 0.1) is 0 Å². The van der Waals surface area contributed by atoms with Crippen LogP contribution in [-0.2, 0) is 0 Å². The fraction of sp³-hybridized carbons (Fsp3) is 0. The van der Waals surface area contributed by atoms with E-state index in [9.17, 15) is 0 Å². The van der Waals surface area contributed by atoms with Crippen molar-refractivity contribution in [2.24, 2.45) is 0 Å². The highest BCUT2D eigenvalue weighted by atomic mass is 15.3. The van der Waals surface area contributed by atoms with Crippen LogP contribution in [0.25, 0.3) is 22.3 Å². The van der Waals surface area contributed by atoms with Gasteiger partial charge in [0.05, 0.1) is 12.5 Å². The van der Waals surface area contributed by atoms with Crippen molar-refractivity contribution in [2.75, 3.05) is 0 Å². The molecule has 4 rings (SSSR count). The first kappa shape index (κ1) is 10.3. The maximum absolute atomic E-state index is 3.94. The van der Waals surface area contributed by atoms with Gasteiger partial charge in [0.25, 0.3) is 0 Å². The highest BCUT2D eigenvalue weighted by molar-refractivity contribution is 5.68. The lowest BCUT2D eigenvalue weighted by Gasteiger charge is -1.80. The first-order valence-electron chi connectivity index (χ1n) is 5.14. The highest BCUT2D eigenvalue weighted by Gasteiger charge is 1.92. The standard InChI is InChI=1S/2C5H4N4/c1-4-5(8-2-6-1)9-3-7-4;1-2-4-5(6-3-1)8-9-7-4/h2*1-3H,(H,6,7,8,9). The number of aromatic amines is 2. The largest absolute Gasteiger partial charge is 0.342 e. The Morgan fingerprint density at radius 3 is 2.89 bits per heavy atom. The molecule has 4 heterocycles. The van der Waals surface area contributed by atoms with Gasteiger partial charge in [-0.3, -0.25) is 0 Å². The Bertz CT molecular complexity index is 632. The van der Waals surface area contributed by atoms with Gasteiger partial charge < -0.3 is 4.98 Å². The SMILES string of the molecule is c1cnc2n[nH]nc2c1.c1ncc2[nH]cnc2n1. The van der Waals surface area contributed by atoms with Crippen LogP contribution in [0.1, 0.15) is 0 Å². The van der Waals surface area contributed by atoms with Crippen LogP contribution in [0.5, 0.6) is 0 Å². The molecule has 0 unspecified atom stereocenters. The van der Waals surface area contributed by atoms with Gasteiger partial charge in [0, 0.05) is 6.20 Å². The molecule has 4 aromatic rings. The maximum Gasteiger partial charge on any atom is 0.201 e. The van der Waals surface area contributed by atoms with E-state index in [-0.39, 0.29) is 0 Å². The monoisotopic (exact) mass is 240 g/mol. The smallest absolute Gasteiger partial charge is 0.201 e. The van der Waals surface area contributed by atoms with Crippen molar-refractivity contribution < 1.29 is 0 Å². The summed E-state index contributed by atoms with van der Waals surface area (Å²) in [7, 11) is 0. The van der Waals surface area contributed by atoms with Crippen molar-refractivity contribution in [3.63, 3.8) is 0 Å². The van der Waals surface area contributed by atoms with Crippen molar-refractivity contribution in [1.82, 2.24) is 40.3 Å². The number of H-pyrrole nitrogens is 2. The molecule has 2 N–H and O–H groups in total. The molecule has 8 nitrogen and oxygen atoms in total. The molecule has 0 atom stereocenters. The van der Waals surface area contributed by atoms with E-state index in [2.05, 4.69) is 40.3 Å². The topological polar surface area (TPSA) is 109 Å². The normalized spacial score (nSPS) is 10.2. The Balaban J connectivity index is 0.000000111. The van der Waals surface area contributed by atoms with Crippen LogP contribution in [-0.4, -0.2) is 40.3 Å². The lowest BCUT2D eigenvalue weighted by molar-refractivity contribution is 0.954. The van der Waals surface area contributed by atoms with Crippen LogP contribution in [0.3, 0.4) is 0 Å². The minimum Gasteiger partial charge on any atom is -0.342 e. The average Bonchev–Trinajstić information content (AvgIpc) is 3.08. The van der Waals surface area contributed by atoms with Gasteiger partial charge in [0.2, 0.25) is 5.65 Å². The number of fused-ring (bicyclic) bond motifs is 2. The van der Waals surface area contributed by atoms with Gasteiger partial charge >= 0.3 is 0 Å². The Kier molecular flexibility index (Phi) is 2.59. The van der Waals surface area contributed by atoms with Gasteiger partial charge in [0.1, 0.15) is 17.4 Å². The quantitative estimate of drug-likeness (QED) is 0.468. The van der Waals surface area contributed by atoms with E-state index in [0.29, 0.717) is 11.3 Å². The number of pyridine rings is 1. The van der Waals surface area contributed by atoms with Crippen LogP contribution in [0.15, 0.2) is 37.2 Å². The van der Waals surface area contributed by atoms with E-state index in [1.54, 1.807) is 18.7 Å². The summed E-state index contributed by atoms with van der Waals surface area (Å²) >= 11 is 0. The van der Waals surface area contributed by atoms with Gasteiger partial charge in [-0.15, -0.1) is 5.10 Å². The predicted octanol–water partition coefficient (Wildman–Crippen LogP) is 0.706. The third-order valence-electron chi connectivity index (χ3n) is 2.19. The van der Waals surface area contributed by atoms with E-state index in [4.69, 9.17) is 0 Å². The molecule has 0 aromatic carbocycles. The predicted molar refractivity (Wildman–Crippen MR) is 63.4 cm³/mol. The number of imidazole rings is 1. The Labute approximate surface area is 101 Å². The molecule has 18 heavy (non-hydrogen) atoms. The summed E-state index contributed by atoms with van der Waals surface area (Å²) in [5.74, 6) is 0. The number of rotatable bonds is 0. The van der Waals surface area contributed by atoms with E-state index in [0.717, 1.165) is 11.0 Å². The minimum atomic E-state index is 0.664. The minimum absolute atomic E-state index is 0.664. The Morgan fingerprint density at radius 2 is 2.00 bits per heavy atom. The molecule has 0 amide bonds. The van der Waals surface area contributed by atoms with Gasteiger partial charge in [-0.05, 0) is 12.1 Å². The maximum atomic E-state index is 3.94. The zero-order valence-electron chi connectivity index (χ0n) is 9.15. The Hall–Kier alpha value is -2.90. The molecule has 0 aliphatic heterocycles. The molecule has 0 radical (unpaired) electrons. The molecule has 0 spiro atoms. The highest BCUT2D eigenvalue weighted by Crippen LogP contribution is 2.00. The third kappa shape index (κ3) is 1.98. The molecule has 0 aliphatic carbocycles. The van der Waals surface area contributed by atoms with Crippen LogP contribution >= 0.6 is 0 Å². The molecule has 0 bridgehead atoms. The summed E-state index contributed by atoms with van der Waals surface area (Å²) in [5.41, 5.74) is 3.05. The molecular weight excluding hydrogens is 232 g/mol. The molecule has 8 heteroatoms. The Morgan fingerprint density at radius 1 is 1.00 bits per heavy atom. The second-order valence-corrected chi connectivity index (χ2v) is 3.33. The first-order chi connectivity index (χ1) is 8.93. The molecule has 0 saturated heterocycles. The molecule has 0 saturated carbocycles. The van der Waals surface area contributed by atoms with Gasteiger partial charge in [-0.2, -0.15) is 10.3 Å². The zero-order valence-corrected chi connectivity index (χ0v) is 9.15. The van der Waals surface area contributed by atoms with Crippen LogP contribution in [0.2, 0.25) is 0 Å². The number of aromatic nitrogens is 8. The lowest BCUT2D eigenvalue weighted by atomic mass is 10.4. The summed E-state index contributed by atoms with van der Waals surface area (Å²) in [6.45, 7) is 0. The fourth-order valence-corrected chi connectivity index (χ4v) is 1.38. The van der Waals surface area contributed by atoms with E-state index in [1.807, 2.05) is 12.1 Å². The van der Waals surface area contributed by atoms with Crippen LogP contribution in [0.4, 0.5) is 0 Å². The summed E-state index contributed by atoms with van der Waals surface area (Å²) in [6.07, 6.45) is 6.45. The second-order valence-electron chi connectivity index (χ2n) is 3.33. The second kappa shape index (κ2) is 4.53. The number of nitrogens with one attached hydrogen (secondary N) is 2. The third-order valence-corrected chi connectivity index (χ3v) is 2.19. The van der Waals surface area contributed by atoms with Gasteiger partial charge in [0.15, 0.2) is 5.65 Å². The summed E-state index contributed by atoms with van der Waals surface area (Å²) in [6, 6.07) is 3.68. The average molecular weight is 240 g/mol. The van der Waals surface area contributed by atoms with Crippen molar-refractivity contribution in [3.8, 4) is 0 Å². The summed E-state index contributed by atoms with van der Waals surface area (Å²) in [4.78, 5) is 18.4. The molecule has 4 aromatic heterocycles. The van der Waals surface area contributed by atoms with E-state index in [1.165, 1.54) is 6.33 Å². The molecule has 0 fully saturated rings. The molecule has 88 valence electrons. The summed E-state index contributed by atoms with van der Waals surface area (Å²) in [5, 5.41) is 10.1. The van der Waals surface area contributed by atoms with Crippen molar-refractivity contribution in [2.45, 2.75) is 0 Å². The molecule has 0 aliphatic rings. The van der Waals surface area contributed by atoms with Crippen molar-refractivity contribution in [3.05, 3.63) is 37.2 Å². The lowest BCUT2D eigenvalue weighted by Crippen LogP contribution is -1.76. The first-order valence-corrected chi connectivity index (χ1v) is 5.14.